The van der Waals surface area contributed by atoms with E-state index in [1.807, 2.05) is 24.4 Å². The van der Waals surface area contributed by atoms with Gasteiger partial charge in [-0.05, 0) is 18.4 Å². The zero-order valence-electron chi connectivity index (χ0n) is 11.1. The minimum Gasteiger partial charge on any atom is -0.478 e. The second kappa shape index (κ2) is 6.31. The Labute approximate surface area is 124 Å². The Morgan fingerprint density at radius 2 is 2.38 bits per heavy atom. The lowest BCUT2D eigenvalue weighted by Crippen LogP contribution is -2.19. The largest absolute Gasteiger partial charge is 0.478 e. The van der Waals surface area contributed by atoms with Gasteiger partial charge in [0.05, 0.1) is 10.5 Å². The first-order valence-electron chi connectivity index (χ1n) is 6.14. The highest BCUT2D eigenvalue weighted by molar-refractivity contribution is 7.09. The fraction of sp³-hybridized carbons (Fsp3) is 0.231. The molecule has 110 valence electrons. The van der Waals surface area contributed by atoms with Gasteiger partial charge in [0.2, 0.25) is 5.82 Å². The molecule has 2 rings (SSSR count). The van der Waals surface area contributed by atoms with E-state index >= 15 is 0 Å². The van der Waals surface area contributed by atoms with Crippen LogP contribution in [0.4, 0.5) is 11.5 Å². The van der Waals surface area contributed by atoms with E-state index in [1.165, 1.54) is 0 Å². The van der Waals surface area contributed by atoms with Crippen LogP contribution < -0.4 is 5.32 Å². The van der Waals surface area contributed by atoms with Crippen molar-refractivity contribution < 1.29 is 14.8 Å². The molecule has 0 radical (unpaired) electrons. The maximum absolute atomic E-state index is 11.0. The van der Waals surface area contributed by atoms with Crippen LogP contribution in [0.25, 0.3) is 0 Å². The molecule has 0 aliphatic heterocycles. The minimum atomic E-state index is -1.25. The molecular weight excluding hydrogens is 294 g/mol. The van der Waals surface area contributed by atoms with Gasteiger partial charge in [0.15, 0.2) is 0 Å². The zero-order valence-corrected chi connectivity index (χ0v) is 12.0. The van der Waals surface area contributed by atoms with Crippen molar-refractivity contribution in [2.24, 2.45) is 0 Å². The summed E-state index contributed by atoms with van der Waals surface area (Å²) < 4.78 is 0. The molecule has 2 aromatic rings. The van der Waals surface area contributed by atoms with Crippen LogP contribution in [-0.2, 0) is 6.42 Å². The van der Waals surface area contributed by atoms with Gasteiger partial charge in [-0.3, -0.25) is 10.1 Å². The van der Waals surface area contributed by atoms with Gasteiger partial charge in [0, 0.05) is 29.6 Å². The van der Waals surface area contributed by atoms with Gasteiger partial charge < -0.3 is 10.4 Å². The normalized spacial score (nSPS) is 11.9. The zero-order chi connectivity index (χ0) is 15.4. The van der Waals surface area contributed by atoms with E-state index in [0.717, 1.165) is 17.1 Å². The number of nitrogens with one attached hydrogen (secondary N) is 1. The molecule has 0 saturated heterocycles. The maximum Gasteiger partial charge on any atom is 0.337 e. The predicted molar refractivity (Wildman–Crippen MR) is 79.0 cm³/mol. The van der Waals surface area contributed by atoms with E-state index < -0.39 is 10.9 Å². The number of anilines is 1. The lowest BCUT2D eigenvalue weighted by atomic mass is 10.2. The summed E-state index contributed by atoms with van der Waals surface area (Å²) in [5.74, 6) is -1.17. The van der Waals surface area contributed by atoms with Crippen LogP contribution in [0.15, 0.2) is 29.8 Å². The van der Waals surface area contributed by atoms with Crippen LogP contribution in [0.1, 0.15) is 22.2 Å². The molecule has 2 aromatic heterocycles. The molecule has 0 spiro atoms. The number of hydrogen-bond acceptors (Lipinski definition) is 6. The first-order chi connectivity index (χ1) is 9.97. The number of carboxylic acids is 1. The average molecular weight is 307 g/mol. The lowest BCUT2D eigenvalue weighted by molar-refractivity contribution is -0.384. The Kier molecular flexibility index (Phi) is 4.49. The Morgan fingerprint density at radius 3 is 2.95 bits per heavy atom. The number of thiophene rings is 1. The highest BCUT2D eigenvalue weighted by atomic mass is 32.1. The number of pyridine rings is 1. The van der Waals surface area contributed by atoms with Gasteiger partial charge >= 0.3 is 11.7 Å². The van der Waals surface area contributed by atoms with Gasteiger partial charge in [-0.2, -0.15) is 0 Å². The molecule has 7 nitrogen and oxygen atoms in total. The summed E-state index contributed by atoms with van der Waals surface area (Å²) in [6.45, 7) is 1.89. The molecule has 0 saturated carbocycles. The van der Waals surface area contributed by atoms with E-state index in [9.17, 15) is 14.9 Å². The van der Waals surface area contributed by atoms with E-state index in [0.29, 0.717) is 6.42 Å². The van der Waals surface area contributed by atoms with Gasteiger partial charge in [0.1, 0.15) is 0 Å². The molecule has 0 amide bonds. The Balaban J connectivity index is 2.18. The lowest BCUT2D eigenvalue weighted by Gasteiger charge is -2.13. The number of nitro groups is 1. The molecule has 0 fully saturated rings. The minimum absolute atomic E-state index is 0.0643. The number of rotatable bonds is 6. The molecular formula is C13H13N3O4S. The molecule has 21 heavy (non-hydrogen) atoms. The third-order valence-electron chi connectivity index (χ3n) is 2.78. The number of hydrogen-bond donors (Lipinski definition) is 2. The molecule has 8 heteroatoms. The second-order valence-electron chi connectivity index (χ2n) is 4.48. The van der Waals surface area contributed by atoms with E-state index in [4.69, 9.17) is 5.11 Å². The van der Waals surface area contributed by atoms with E-state index in [1.54, 1.807) is 11.3 Å². The first kappa shape index (κ1) is 14.9. The van der Waals surface area contributed by atoms with Crippen LogP contribution in [0.5, 0.6) is 0 Å². The monoisotopic (exact) mass is 307 g/mol. The highest BCUT2D eigenvalue weighted by Crippen LogP contribution is 2.24. The van der Waals surface area contributed by atoms with E-state index in [-0.39, 0.29) is 23.1 Å². The SMILES string of the molecule is CC(Cc1cccs1)Nc1ncc(C(=O)O)cc1[N+](=O)[O-]. The van der Waals surface area contributed by atoms with Crippen molar-refractivity contribution in [1.29, 1.82) is 0 Å². The highest BCUT2D eigenvalue weighted by Gasteiger charge is 2.20. The van der Waals surface area contributed by atoms with Crippen LogP contribution in [0.3, 0.4) is 0 Å². The average Bonchev–Trinajstić information content (AvgIpc) is 2.91. The van der Waals surface area contributed by atoms with Gasteiger partial charge in [-0.1, -0.05) is 6.07 Å². The fourth-order valence-electron chi connectivity index (χ4n) is 1.84. The van der Waals surface area contributed by atoms with Crippen molar-refractivity contribution in [2.75, 3.05) is 5.32 Å². The van der Waals surface area contributed by atoms with Crippen molar-refractivity contribution in [1.82, 2.24) is 4.98 Å². The fourth-order valence-corrected chi connectivity index (χ4v) is 2.67. The summed E-state index contributed by atoms with van der Waals surface area (Å²) in [6.07, 6.45) is 1.81. The Morgan fingerprint density at radius 1 is 1.62 bits per heavy atom. The number of nitrogens with zero attached hydrogens (tertiary/aromatic N) is 2. The van der Waals surface area contributed by atoms with Crippen LogP contribution in [0.2, 0.25) is 0 Å². The Bertz CT molecular complexity index is 657. The predicted octanol–water partition coefficient (Wildman–Crippen LogP) is 2.79. The molecule has 2 N–H and O–H groups in total. The summed E-state index contributed by atoms with van der Waals surface area (Å²) in [5.41, 5.74) is -0.550. The molecule has 1 unspecified atom stereocenters. The molecule has 0 aliphatic rings. The van der Waals surface area contributed by atoms with Crippen LogP contribution in [-0.4, -0.2) is 27.0 Å². The third kappa shape index (κ3) is 3.76. The number of carboxylic acid groups (broad SMARTS) is 1. The Hall–Kier alpha value is -2.48. The quantitative estimate of drug-likeness (QED) is 0.628. The third-order valence-corrected chi connectivity index (χ3v) is 3.68. The molecule has 0 aliphatic carbocycles. The topological polar surface area (TPSA) is 105 Å². The van der Waals surface area contributed by atoms with Crippen LogP contribution >= 0.6 is 11.3 Å². The molecule has 2 heterocycles. The van der Waals surface area contributed by atoms with Crippen LogP contribution in [0, 0.1) is 10.1 Å². The first-order valence-corrected chi connectivity index (χ1v) is 7.02. The maximum atomic E-state index is 11.0. The second-order valence-corrected chi connectivity index (χ2v) is 5.52. The summed E-state index contributed by atoms with van der Waals surface area (Å²) >= 11 is 1.61. The van der Waals surface area contributed by atoms with Crippen molar-refractivity contribution in [2.45, 2.75) is 19.4 Å². The van der Waals surface area contributed by atoms with Gasteiger partial charge in [-0.25, -0.2) is 9.78 Å². The van der Waals surface area contributed by atoms with Crippen molar-refractivity contribution in [3.8, 4) is 0 Å². The molecule has 0 bridgehead atoms. The van der Waals surface area contributed by atoms with E-state index in [2.05, 4.69) is 10.3 Å². The van der Waals surface area contributed by atoms with Gasteiger partial charge in [0.25, 0.3) is 0 Å². The number of aromatic carboxylic acids is 1. The summed E-state index contributed by atoms with van der Waals surface area (Å²) in [7, 11) is 0. The van der Waals surface area contributed by atoms with Crippen molar-refractivity contribution in [3.05, 3.63) is 50.3 Å². The van der Waals surface area contributed by atoms with Crippen molar-refractivity contribution >= 4 is 28.8 Å². The summed E-state index contributed by atoms with van der Waals surface area (Å²) in [6, 6.07) is 4.87. The smallest absolute Gasteiger partial charge is 0.337 e. The number of carbonyl (C=O) groups is 1. The summed E-state index contributed by atoms with van der Waals surface area (Å²) in [4.78, 5) is 26.2. The molecule has 1 atom stereocenters. The standard InChI is InChI=1S/C13H13N3O4S/c1-8(5-10-3-2-4-21-10)15-12-11(16(19)20)6-9(7-14-12)13(17)18/h2-4,6-8H,5H2,1H3,(H,14,15)(H,17,18). The van der Waals surface area contributed by atoms with Crippen molar-refractivity contribution in [3.63, 3.8) is 0 Å². The number of aromatic nitrogens is 1. The summed E-state index contributed by atoms with van der Waals surface area (Å²) in [5, 5.41) is 24.8. The molecule has 0 aromatic carbocycles. The van der Waals surface area contributed by atoms with Gasteiger partial charge in [-0.15, -0.1) is 11.3 Å².